The fourth-order valence-electron chi connectivity index (χ4n) is 1.60. The Kier molecular flexibility index (Phi) is 3.99. The van der Waals surface area contributed by atoms with E-state index in [9.17, 15) is 0 Å². The molecule has 2 N–H and O–H groups in total. The molecule has 18 heavy (non-hydrogen) atoms. The van der Waals surface area contributed by atoms with Crippen molar-refractivity contribution in [3.8, 4) is 11.5 Å². The summed E-state index contributed by atoms with van der Waals surface area (Å²) in [6.45, 7) is 1.99. The first-order chi connectivity index (χ1) is 8.58. The molecule has 0 amide bonds. The molecule has 0 bridgehead atoms. The molecule has 0 spiro atoms. The second kappa shape index (κ2) is 5.50. The lowest BCUT2D eigenvalue weighted by Gasteiger charge is -2.12. The standard InChI is InChI=1S/C14H12BrNOS/c1-9-8-10(15)6-7-12(9)17-13-5-3-2-4-11(13)14(16)18/h2-8H,1H3,(H2,16,18). The van der Waals surface area contributed by atoms with Crippen LogP contribution in [0.2, 0.25) is 0 Å². The van der Waals surface area contributed by atoms with Crippen molar-refractivity contribution in [2.24, 2.45) is 5.73 Å². The summed E-state index contributed by atoms with van der Waals surface area (Å²) < 4.78 is 6.89. The number of hydrogen-bond acceptors (Lipinski definition) is 2. The minimum atomic E-state index is 0.334. The molecule has 0 fully saturated rings. The highest BCUT2D eigenvalue weighted by atomic mass is 79.9. The molecule has 0 aromatic heterocycles. The normalized spacial score (nSPS) is 10.1. The zero-order chi connectivity index (χ0) is 13.1. The minimum Gasteiger partial charge on any atom is -0.456 e. The van der Waals surface area contributed by atoms with Crippen LogP contribution in [0.25, 0.3) is 0 Å². The molecule has 92 valence electrons. The van der Waals surface area contributed by atoms with E-state index in [1.54, 1.807) is 0 Å². The Hall–Kier alpha value is -1.39. The average molecular weight is 322 g/mol. The van der Waals surface area contributed by atoms with Crippen LogP contribution < -0.4 is 10.5 Å². The molecule has 0 atom stereocenters. The lowest BCUT2D eigenvalue weighted by atomic mass is 10.2. The lowest BCUT2D eigenvalue weighted by molar-refractivity contribution is 0.478. The van der Waals surface area contributed by atoms with Gasteiger partial charge in [-0.25, -0.2) is 0 Å². The number of para-hydroxylation sites is 1. The van der Waals surface area contributed by atoms with Crippen LogP contribution in [-0.4, -0.2) is 4.99 Å². The van der Waals surface area contributed by atoms with Crippen molar-refractivity contribution in [3.63, 3.8) is 0 Å². The topological polar surface area (TPSA) is 35.2 Å². The third kappa shape index (κ3) is 2.89. The van der Waals surface area contributed by atoms with E-state index in [1.165, 1.54) is 0 Å². The van der Waals surface area contributed by atoms with E-state index in [0.717, 1.165) is 21.3 Å². The van der Waals surface area contributed by atoms with Gasteiger partial charge in [0.25, 0.3) is 0 Å². The van der Waals surface area contributed by atoms with Crippen molar-refractivity contribution in [1.82, 2.24) is 0 Å². The van der Waals surface area contributed by atoms with Crippen LogP contribution in [0.1, 0.15) is 11.1 Å². The lowest BCUT2D eigenvalue weighted by Crippen LogP contribution is -2.10. The highest BCUT2D eigenvalue weighted by Gasteiger charge is 2.08. The molecule has 4 heteroatoms. The largest absolute Gasteiger partial charge is 0.456 e. The van der Waals surface area contributed by atoms with Crippen molar-refractivity contribution in [1.29, 1.82) is 0 Å². The van der Waals surface area contributed by atoms with Crippen LogP contribution in [0.15, 0.2) is 46.9 Å². The Balaban J connectivity index is 2.37. The first-order valence-corrected chi connectivity index (χ1v) is 6.61. The van der Waals surface area contributed by atoms with Crippen molar-refractivity contribution in [2.45, 2.75) is 6.92 Å². The summed E-state index contributed by atoms with van der Waals surface area (Å²) in [5, 5.41) is 0. The van der Waals surface area contributed by atoms with Crippen LogP contribution >= 0.6 is 28.1 Å². The van der Waals surface area contributed by atoms with E-state index >= 15 is 0 Å². The number of thiocarbonyl (C=S) groups is 1. The van der Waals surface area contributed by atoms with Crippen LogP contribution in [-0.2, 0) is 0 Å². The molecular weight excluding hydrogens is 310 g/mol. The fourth-order valence-corrected chi connectivity index (χ4v) is 2.25. The number of hydrogen-bond donors (Lipinski definition) is 1. The minimum absolute atomic E-state index is 0.334. The Bertz CT molecular complexity index is 598. The summed E-state index contributed by atoms with van der Waals surface area (Å²) in [4.78, 5) is 0.334. The van der Waals surface area contributed by atoms with Crippen LogP contribution in [0.4, 0.5) is 0 Å². The third-order valence-corrected chi connectivity index (χ3v) is 3.22. The van der Waals surface area contributed by atoms with Gasteiger partial charge in [-0.2, -0.15) is 0 Å². The molecule has 0 heterocycles. The first kappa shape index (κ1) is 13.1. The second-order valence-electron chi connectivity index (χ2n) is 3.87. The smallest absolute Gasteiger partial charge is 0.137 e. The second-order valence-corrected chi connectivity index (χ2v) is 5.23. The number of nitrogens with two attached hydrogens (primary N) is 1. The summed E-state index contributed by atoms with van der Waals surface area (Å²) in [6.07, 6.45) is 0. The third-order valence-electron chi connectivity index (χ3n) is 2.51. The SMILES string of the molecule is Cc1cc(Br)ccc1Oc1ccccc1C(N)=S. The fraction of sp³-hybridized carbons (Fsp3) is 0.0714. The number of ether oxygens (including phenoxy) is 1. The summed E-state index contributed by atoms with van der Waals surface area (Å²) in [5.74, 6) is 1.47. The van der Waals surface area contributed by atoms with E-state index in [1.807, 2.05) is 49.4 Å². The highest BCUT2D eigenvalue weighted by molar-refractivity contribution is 9.10. The molecule has 0 aliphatic rings. The summed E-state index contributed by atoms with van der Waals surface area (Å²) in [6, 6.07) is 13.3. The van der Waals surface area contributed by atoms with Gasteiger partial charge in [-0.1, -0.05) is 40.3 Å². The Morgan fingerprint density at radius 2 is 1.89 bits per heavy atom. The van der Waals surface area contributed by atoms with Crippen LogP contribution in [0.5, 0.6) is 11.5 Å². The zero-order valence-electron chi connectivity index (χ0n) is 9.81. The number of rotatable bonds is 3. The predicted molar refractivity (Wildman–Crippen MR) is 81.3 cm³/mol. The van der Waals surface area contributed by atoms with Gasteiger partial charge in [0.05, 0.1) is 5.56 Å². The zero-order valence-corrected chi connectivity index (χ0v) is 12.2. The van der Waals surface area contributed by atoms with Gasteiger partial charge in [-0.3, -0.25) is 0 Å². The summed E-state index contributed by atoms with van der Waals surface area (Å²) >= 11 is 8.43. The molecule has 0 aliphatic carbocycles. The van der Waals surface area contributed by atoms with Crippen molar-refractivity contribution >= 4 is 33.1 Å². The van der Waals surface area contributed by atoms with E-state index in [-0.39, 0.29) is 0 Å². The number of benzene rings is 2. The van der Waals surface area contributed by atoms with Crippen molar-refractivity contribution in [3.05, 3.63) is 58.1 Å². The van der Waals surface area contributed by atoms with E-state index < -0.39 is 0 Å². The van der Waals surface area contributed by atoms with Gasteiger partial charge in [-0.05, 0) is 42.8 Å². The first-order valence-electron chi connectivity index (χ1n) is 5.41. The molecule has 0 saturated carbocycles. The Morgan fingerprint density at radius 3 is 2.56 bits per heavy atom. The molecule has 2 aromatic carbocycles. The molecule has 0 radical (unpaired) electrons. The van der Waals surface area contributed by atoms with Gasteiger partial charge in [0.2, 0.25) is 0 Å². The average Bonchev–Trinajstić information content (AvgIpc) is 2.33. The predicted octanol–water partition coefficient (Wildman–Crippen LogP) is 4.18. The quantitative estimate of drug-likeness (QED) is 0.861. The van der Waals surface area contributed by atoms with Crippen LogP contribution in [0, 0.1) is 6.92 Å². The summed E-state index contributed by atoms with van der Waals surface area (Å²) in [5.41, 5.74) is 7.46. The monoisotopic (exact) mass is 321 g/mol. The Labute approximate surface area is 120 Å². The van der Waals surface area contributed by atoms with Crippen LogP contribution in [0.3, 0.4) is 0 Å². The van der Waals surface area contributed by atoms with Crippen molar-refractivity contribution in [2.75, 3.05) is 0 Å². The van der Waals surface area contributed by atoms with E-state index in [0.29, 0.717) is 10.7 Å². The molecule has 0 aliphatic heterocycles. The van der Waals surface area contributed by atoms with Gasteiger partial charge in [0.1, 0.15) is 16.5 Å². The number of aryl methyl sites for hydroxylation is 1. The molecule has 0 unspecified atom stereocenters. The van der Waals surface area contributed by atoms with Gasteiger partial charge in [0, 0.05) is 4.47 Å². The maximum Gasteiger partial charge on any atom is 0.137 e. The van der Waals surface area contributed by atoms with E-state index in [2.05, 4.69) is 15.9 Å². The highest BCUT2D eigenvalue weighted by Crippen LogP contribution is 2.29. The Morgan fingerprint density at radius 1 is 1.17 bits per heavy atom. The summed E-state index contributed by atoms with van der Waals surface area (Å²) in [7, 11) is 0. The van der Waals surface area contributed by atoms with Gasteiger partial charge in [-0.15, -0.1) is 0 Å². The number of halogens is 1. The molecular formula is C14H12BrNOS. The van der Waals surface area contributed by atoms with E-state index in [4.69, 9.17) is 22.7 Å². The molecule has 2 nitrogen and oxygen atoms in total. The maximum atomic E-state index is 5.87. The van der Waals surface area contributed by atoms with Gasteiger partial charge in [0.15, 0.2) is 0 Å². The maximum absolute atomic E-state index is 5.87. The van der Waals surface area contributed by atoms with Gasteiger partial charge >= 0.3 is 0 Å². The van der Waals surface area contributed by atoms with Crippen molar-refractivity contribution < 1.29 is 4.74 Å². The molecule has 2 aromatic rings. The molecule has 2 rings (SSSR count). The molecule has 0 saturated heterocycles. The van der Waals surface area contributed by atoms with Gasteiger partial charge < -0.3 is 10.5 Å².